The van der Waals surface area contributed by atoms with E-state index in [1.54, 1.807) is 0 Å². The van der Waals surface area contributed by atoms with Crippen molar-refractivity contribution >= 4 is 32.7 Å². The van der Waals surface area contributed by atoms with Crippen molar-refractivity contribution in [2.45, 2.75) is 0 Å². The molecular formula is C35H23N5. The number of rotatable bonds is 4. The van der Waals surface area contributed by atoms with Crippen LogP contribution < -0.4 is 0 Å². The molecule has 5 heteroatoms. The normalized spacial score (nSPS) is 11.5. The van der Waals surface area contributed by atoms with Crippen LogP contribution in [0.15, 0.2) is 140 Å². The molecular weight excluding hydrogens is 490 g/mol. The minimum atomic E-state index is 0.595. The van der Waals surface area contributed by atoms with E-state index in [0.29, 0.717) is 17.6 Å². The Labute approximate surface area is 230 Å². The monoisotopic (exact) mass is 513 g/mol. The highest BCUT2D eigenvalue weighted by Gasteiger charge is 2.18. The van der Waals surface area contributed by atoms with Crippen LogP contribution in [0.3, 0.4) is 0 Å². The second-order valence-corrected chi connectivity index (χ2v) is 9.81. The molecule has 0 unspecified atom stereocenters. The number of nitrogens with zero attached hydrogens (tertiary/aromatic N) is 5. The zero-order valence-electron chi connectivity index (χ0n) is 21.5. The van der Waals surface area contributed by atoms with Crippen LogP contribution in [0.4, 0.5) is 0 Å². The van der Waals surface area contributed by atoms with Crippen molar-refractivity contribution < 1.29 is 0 Å². The number of fused-ring (bicyclic) bond motifs is 4. The molecule has 0 saturated heterocycles. The van der Waals surface area contributed by atoms with E-state index in [1.807, 2.05) is 60.7 Å². The summed E-state index contributed by atoms with van der Waals surface area (Å²) in [7, 11) is 0. The maximum absolute atomic E-state index is 5.02. The van der Waals surface area contributed by atoms with Gasteiger partial charge in [0.25, 0.3) is 0 Å². The van der Waals surface area contributed by atoms with Crippen molar-refractivity contribution in [2.75, 3.05) is 0 Å². The molecule has 5 nitrogen and oxygen atoms in total. The maximum Gasteiger partial charge on any atom is 0.238 e. The Morgan fingerprint density at radius 3 is 1.77 bits per heavy atom. The largest absolute Gasteiger partial charge is 0.317 e. The van der Waals surface area contributed by atoms with Gasteiger partial charge in [-0.1, -0.05) is 97.1 Å². The molecule has 8 aromatic rings. The number of hydrogen-bond donors (Lipinski definition) is 0. The van der Waals surface area contributed by atoms with Crippen LogP contribution in [0, 0.1) is 0 Å². The molecule has 188 valence electrons. The molecule has 0 aliphatic rings. The Hall–Kier alpha value is -5.55. The first-order valence-corrected chi connectivity index (χ1v) is 13.3. The van der Waals surface area contributed by atoms with Gasteiger partial charge in [-0.05, 0) is 41.8 Å². The van der Waals surface area contributed by atoms with E-state index < -0.39 is 0 Å². The van der Waals surface area contributed by atoms with Crippen LogP contribution in [0.25, 0.3) is 67.1 Å². The van der Waals surface area contributed by atoms with Crippen LogP contribution in [-0.2, 0) is 0 Å². The lowest BCUT2D eigenvalue weighted by Crippen LogP contribution is -2.06. The number of aromatic nitrogens is 5. The molecule has 0 amide bonds. The van der Waals surface area contributed by atoms with Crippen LogP contribution in [0.1, 0.15) is 0 Å². The SMILES string of the molecule is c1ccc(-c2nc(-c3ccccc3)nc(-n3c4ccccc4c4cc(-n5ccc6ccccc65)ccc43)n2)cc1. The van der Waals surface area contributed by atoms with Gasteiger partial charge in [-0.25, -0.2) is 4.98 Å². The first kappa shape index (κ1) is 22.4. The van der Waals surface area contributed by atoms with E-state index in [-0.39, 0.29) is 0 Å². The van der Waals surface area contributed by atoms with E-state index in [9.17, 15) is 0 Å². The van der Waals surface area contributed by atoms with Crippen molar-refractivity contribution in [3.05, 3.63) is 140 Å². The molecule has 3 heterocycles. The second kappa shape index (κ2) is 9.03. The number of para-hydroxylation sites is 2. The molecule has 0 atom stereocenters. The summed E-state index contributed by atoms with van der Waals surface area (Å²) in [5.74, 6) is 1.88. The Balaban J connectivity index is 1.39. The predicted molar refractivity (Wildman–Crippen MR) is 162 cm³/mol. The molecule has 0 saturated carbocycles. The fourth-order valence-corrected chi connectivity index (χ4v) is 5.53. The smallest absolute Gasteiger partial charge is 0.238 e. The molecule has 8 rings (SSSR count). The van der Waals surface area contributed by atoms with Gasteiger partial charge in [-0.15, -0.1) is 0 Å². The van der Waals surface area contributed by atoms with Gasteiger partial charge >= 0.3 is 0 Å². The van der Waals surface area contributed by atoms with Gasteiger partial charge in [0.05, 0.1) is 16.6 Å². The average molecular weight is 514 g/mol. The second-order valence-electron chi connectivity index (χ2n) is 9.81. The van der Waals surface area contributed by atoms with Gasteiger partial charge in [0.15, 0.2) is 11.6 Å². The summed E-state index contributed by atoms with van der Waals surface area (Å²) < 4.78 is 4.40. The summed E-state index contributed by atoms with van der Waals surface area (Å²) in [6.07, 6.45) is 2.13. The molecule has 0 N–H and O–H groups in total. The van der Waals surface area contributed by atoms with Gasteiger partial charge in [0.2, 0.25) is 5.95 Å². The molecule has 0 spiro atoms. The summed E-state index contributed by atoms with van der Waals surface area (Å²) in [5.41, 5.74) is 6.30. The van der Waals surface area contributed by atoms with Crippen LogP contribution in [-0.4, -0.2) is 24.1 Å². The first-order chi connectivity index (χ1) is 19.8. The molecule has 3 aromatic heterocycles. The molecule has 5 aromatic carbocycles. The average Bonchev–Trinajstić information content (AvgIpc) is 3.61. The Morgan fingerprint density at radius 1 is 0.450 bits per heavy atom. The third-order valence-corrected chi connectivity index (χ3v) is 7.42. The standard InChI is InChI=1S/C35H23N5/c1-3-12-25(13-4-1)33-36-34(26-14-5-2-6-15-26)38-35(37-33)40-31-18-10-8-16-28(31)29-23-27(19-20-32(29)40)39-22-21-24-11-7-9-17-30(24)39/h1-23H. The molecule has 0 aliphatic heterocycles. The van der Waals surface area contributed by atoms with E-state index in [0.717, 1.165) is 38.6 Å². The van der Waals surface area contributed by atoms with Crippen molar-refractivity contribution in [3.8, 4) is 34.4 Å². The highest BCUT2D eigenvalue weighted by atomic mass is 15.2. The number of hydrogen-bond acceptors (Lipinski definition) is 3. The lowest BCUT2D eigenvalue weighted by molar-refractivity contribution is 0.953. The summed E-state index contributed by atoms with van der Waals surface area (Å²) >= 11 is 0. The third kappa shape index (κ3) is 3.60. The Morgan fingerprint density at radius 2 is 1.05 bits per heavy atom. The third-order valence-electron chi connectivity index (χ3n) is 7.42. The highest BCUT2D eigenvalue weighted by molar-refractivity contribution is 6.09. The fourth-order valence-electron chi connectivity index (χ4n) is 5.53. The Kier molecular flexibility index (Phi) is 5.07. The molecule has 0 radical (unpaired) electrons. The summed E-state index contributed by atoms with van der Waals surface area (Å²) in [6, 6.07) is 45.8. The highest BCUT2D eigenvalue weighted by Crippen LogP contribution is 2.34. The van der Waals surface area contributed by atoms with Crippen LogP contribution in [0.5, 0.6) is 0 Å². The van der Waals surface area contributed by atoms with Crippen LogP contribution in [0.2, 0.25) is 0 Å². The minimum absolute atomic E-state index is 0.595. The lowest BCUT2D eigenvalue weighted by Gasteiger charge is -2.11. The zero-order chi connectivity index (χ0) is 26.5. The fraction of sp³-hybridized carbons (Fsp3) is 0. The first-order valence-electron chi connectivity index (χ1n) is 13.3. The molecule has 0 bridgehead atoms. The summed E-state index contributed by atoms with van der Waals surface area (Å²) in [6.45, 7) is 0. The topological polar surface area (TPSA) is 48.5 Å². The van der Waals surface area contributed by atoms with Crippen molar-refractivity contribution in [2.24, 2.45) is 0 Å². The van der Waals surface area contributed by atoms with E-state index in [1.165, 1.54) is 10.9 Å². The zero-order valence-corrected chi connectivity index (χ0v) is 21.5. The van der Waals surface area contributed by atoms with Gasteiger partial charge in [-0.2, -0.15) is 9.97 Å². The predicted octanol–water partition coefficient (Wildman–Crippen LogP) is 8.25. The van der Waals surface area contributed by atoms with Crippen molar-refractivity contribution in [3.63, 3.8) is 0 Å². The quantitative estimate of drug-likeness (QED) is 0.238. The van der Waals surface area contributed by atoms with Crippen molar-refractivity contribution in [1.29, 1.82) is 0 Å². The van der Waals surface area contributed by atoms with E-state index >= 15 is 0 Å². The van der Waals surface area contributed by atoms with Gasteiger partial charge in [-0.3, -0.25) is 4.57 Å². The summed E-state index contributed by atoms with van der Waals surface area (Å²) in [4.78, 5) is 14.9. The Bertz CT molecular complexity index is 2100. The maximum atomic E-state index is 5.02. The van der Waals surface area contributed by atoms with Crippen molar-refractivity contribution in [1.82, 2.24) is 24.1 Å². The van der Waals surface area contributed by atoms with Gasteiger partial charge < -0.3 is 4.57 Å². The van der Waals surface area contributed by atoms with E-state index in [4.69, 9.17) is 15.0 Å². The molecule has 0 fully saturated rings. The molecule has 40 heavy (non-hydrogen) atoms. The van der Waals surface area contributed by atoms with Gasteiger partial charge in [0.1, 0.15) is 0 Å². The minimum Gasteiger partial charge on any atom is -0.317 e. The van der Waals surface area contributed by atoms with E-state index in [2.05, 4.69) is 88.1 Å². The van der Waals surface area contributed by atoms with Gasteiger partial charge in [0, 0.05) is 33.8 Å². The van der Waals surface area contributed by atoms with Crippen LogP contribution >= 0.6 is 0 Å². The lowest BCUT2D eigenvalue weighted by atomic mass is 10.1. The number of benzene rings is 5. The molecule has 0 aliphatic carbocycles. The summed E-state index contributed by atoms with van der Waals surface area (Å²) in [5, 5.41) is 3.52.